The average Bonchev–Trinajstić information content (AvgIpc) is 2.16. The van der Waals surface area contributed by atoms with E-state index < -0.39 is 0 Å². The lowest BCUT2D eigenvalue weighted by atomic mass is 13.1. The Balaban J connectivity index is 2.79. The van der Waals surface area contributed by atoms with E-state index in [2.05, 4.69) is 55.2 Å². The van der Waals surface area contributed by atoms with Gasteiger partial charge in [0, 0.05) is 29.6 Å². The quantitative estimate of drug-likeness (QED) is 0.179. The fourth-order valence-electron chi connectivity index (χ4n) is 0.112. The van der Waals surface area contributed by atoms with Gasteiger partial charge in [0.1, 0.15) is 0 Å². The van der Waals surface area contributed by atoms with E-state index in [9.17, 15) is 0 Å². The predicted molar refractivity (Wildman–Crippen MR) is 25.7 cm³/mol. The zero-order valence-electron chi connectivity index (χ0n) is 5.61. The second kappa shape index (κ2) is 11.5. The molecule has 0 bridgehead atoms. The first-order valence-electron chi connectivity index (χ1n) is 2.14. The number of rotatable bonds is 10. The Morgan fingerprint density at radius 3 is 1.69 bits per heavy atom. The van der Waals surface area contributed by atoms with E-state index in [0.717, 1.165) is 0 Å². The Morgan fingerprint density at radius 1 is 0.769 bits per heavy atom. The van der Waals surface area contributed by atoms with Crippen molar-refractivity contribution >= 4 is 9.47 Å². The van der Waals surface area contributed by atoms with Crippen LogP contribution < -0.4 is 0 Å². The van der Waals surface area contributed by atoms with Crippen LogP contribution in [0.5, 0.6) is 0 Å². The first kappa shape index (κ1) is 12.5. The highest BCUT2D eigenvalue weighted by atomic mass is 31.0. The van der Waals surface area contributed by atoms with Gasteiger partial charge < -0.3 is 0 Å². The molecule has 13 heteroatoms. The van der Waals surface area contributed by atoms with Crippen LogP contribution in [0.4, 0.5) is 0 Å². The van der Waals surface area contributed by atoms with Gasteiger partial charge in [0.2, 0.25) is 0 Å². The summed E-state index contributed by atoms with van der Waals surface area (Å²) in [6.45, 7) is 0. The second-order valence-electron chi connectivity index (χ2n) is 0.806. The number of hydrogen-bond acceptors (Lipinski definition) is 12. The van der Waals surface area contributed by atoms with Crippen molar-refractivity contribution in [2.75, 3.05) is 0 Å². The standard InChI is InChI=1S/H3N2O10P/c1-2-3-4-5-6-7-8-9-10-11-12-13/h1H,13H2. The maximum Gasteiger partial charge on any atom is 0.0604 e. The highest BCUT2D eigenvalue weighted by Gasteiger charge is 1.94. The van der Waals surface area contributed by atoms with Crippen molar-refractivity contribution in [2.24, 2.45) is 5.28 Å². The molecule has 0 radical (unpaired) electrons. The van der Waals surface area contributed by atoms with Crippen molar-refractivity contribution in [3.8, 4) is 0 Å². The molecule has 0 aliphatic rings. The van der Waals surface area contributed by atoms with E-state index in [1.54, 1.807) is 9.47 Å². The van der Waals surface area contributed by atoms with Gasteiger partial charge in [-0.1, -0.05) is 0 Å². The van der Waals surface area contributed by atoms with Gasteiger partial charge in [-0.25, -0.2) is 0 Å². The molecule has 12 nitrogen and oxygen atoms in total. The third-order valence-electron chi connectivity index (χ3n) is 0.301. The lowest BCUT2D eigenvalue weighted by Gasteiger charge is -1.96. The Bertz CT molecular complexity index is 107. The molecule has 0 aromatic heterocycles. The van der Waals surface area contributed by atoms with Crippen molar-refractivity contribution in [1.82, 2.24) is 0 Å². The van der Waals surface area contributed by atoms with Crippen LogP contribution in [0.2, 0.25) is 0 Å². The SMILES string of the molecule is N=NOOOOOOOOOOP. The molecule has 0 heterocycles. The van der Waals surface area contributed by atoms with Crippen molar-refractivity contribution in [3.63, 3.8) is 0 Å². The molecule has 0 spiro atoms. The predicted octanol–water partition coefficient (Wildman–Crippen LogP) is 0.123. The lowest BCUT2D eigenvalue weighted by Crippen LogP contribution is -2.00. The van der Waals surface area contributed by atoms with Crippen LogP contribution in [0, 0.1) is 5.53 Å². The van der Waals surface area contributed by atoms with Gasteiger partial charge >= 0.3 is 0 Å². The molecule has 0 fully saturated rings. The van der Waals surface area contributed by atoms with E-state index in [1.165, 1.54) is 0 Å². The van der Waals surface area contributed by atoms with Crippen molar-refractivity contribution in [3.05, 3.63) is 0 Å². The lowest BCUT2D eigenvalue weighted by molar-refractivity contribution is -0.841. The first-order valence-corrected chi connectivity index (χ1v) is 2.61. The summed E-state index contributed by atoms with van der Waals surface area (Å²) in [7, 11) is 1.66. The minimum absolute atomic E-state index is 1.66. The summed E-state index contributed by atoms with van der Waals surface area (Å²) < 4.78 is 3.79. The maximum atomic E-state index is 5.99. The molecule has 0 aliphatic heterocycles. The molecule has 0 saturated heterocycles. The normalized spacial score (nSPS) is 9.92. The molecule has 0 aromatic rings. The zero-order valence-corrected chi connectivity index (χ0v) is 6.76. The zero-order chi connectivity index (χ0) is 9.78. The summed E-state index contributed by atoms with van der Waals surface area (Å²) in [5, 5.41) is 30.4. The number of nitrogens with one attached hydrogen (secondary N) is 1. The fourth-order valence-corrected chi connectivity index (χ4v) is 0.144. The largest absolute Gasteiger partial charge is 0.189 e. The average molecular weight is 222 g/mol. The van der Waals surface area contributed by atoms with E-state index in [1.807, 2.05) is 0 Å². The number of nitrogens with zero attached hydrogens (tertiary/aromatic N) is 1. The first-order chi connectivity index (χ1) is 6.41. The third kappa shape index (κ3) is 11.5. The summed E-state index contributed by atoms with van der Waals surface area (Å²) in [4.78, 5) is 3.47. The molecule has 1 atom stereocenters. The highest BCUT2D eigenvalue weighted by Crippen LogP contribution is 1.92. The summed E-state index contributed by atoms with van der Waals surface area (Å²) in [5.74, 6) is 0. The molecular weight excluding hydrogens is 219 g/mol. The molecule has 0 rings (SSSR count). The molecule has 0 saturated carbocycles. The van der Waals surface area contributed by atoms with Crippen LogP contribution in [0.3, 0.4) is 0 Å². The maximum absolute atomic E-state index is 5.99. The minimum Gasteiger partial charge on any atom is -0.189 e. The molecule has 0 aliphatic carbocycles. The Kier molecular flexibility index (Phi) is 11.0. The fraction of sp³-hybridized carbons (Fsp3) is 0. The molecule has 0 aromatic carbocycles. The topological polar surface area (TPSA) is 129 Å². The van der Waals surface area contributed by atoms with Gasteiger partial charge in [-0.3, -0.25) is 0 Å². The van der Waals surface area contributed by atoms with Gasteiger partial charge in [-0.15, -0.1) is 0 Å². The second-order valence-corrected chi connectivity index (χ2v) is 0.999. The van der Waals surface area contributed by atoms with E-state index in [-0.39, 0.29) is 0 Å². The monoisotopic (exact) mass is 222 g/mol. The molecule has 13 heavy (non-hydrogen) atoms. The van der Waals surface area contributed by atoms with Crippen molar-refractivity contribution in [2.45, 2.75) is 0 Å². The Morgan fingerprint density at radius 2 is 1.23 bits per heavy atom. The van der Waals surface area contributed by atoms with Crippen LogP contribution in [-0.2, 0) is 50.0 Å². The van der Waals surface area contributed by atoms with Crippen LogP contribution in [0.25, 0.3) is 0 Å². The molecule has 78 valence electrons. The molecular formula is H3N2O10P. The summed E-state index contributed by atoms with van der Waals surface area (Å²) in [5.41, 5.74) is 5.99. The van der Waals surface area contributed by atoms with Gasteiger partial charge in [-0.2, -0.15) is 15.2 Å². The molecule has 1 unspecified atom stereocenters. The summed E-state index contributed by atoms with van der Waals surface area (Å²) in [6, 6.07) is 0. The van der Waals surface area contributed by atoms with E-state index in [0.29, 0.717) is 0 Å². The van der Waals surface area contributed by atoms with Crippen LogP contribution in [0.1, 0.15) is 0 Å². The third-order valence-corrected chi connectivity index (χ3v) is 0.380. The Labute approximate surface area is 71.5 Å². The van der Waals surface area contributed by atoms with Crippen LogP contribution in [-0.4, -0.2) is 0 Å². The van der Waals surface area contributed by atoms with Gasteiger partial charge in [-0.05, 0) is 20.2 Å². The summed E-state index contributed by atoms with van der Waals surface area (Å²) in [6.07, 6.45) is 0. The minimum atomic E-state index is 1.66. The summed E-state index contributed by atoms with van der Waals surface area (Å²) >= 11 is 0. The van der Waals surface area contributed by atoms with Gasteiger partial charge in [0.05, 0.1) is 5.28 Å². The van der Waals surface area contributed by atoms with Crippen LogP contribution in [0.15, 0.2) is 5.28 Å². The van der Waals surface area contributed by atoms with Crippen molar-refractivity contribution in [1.29, 1.82) is 5.53 Å². The van der Waals surface area contributed by atoms with Crippen LogP contribution >= 0.6 is 9.47 Å². The number of hydrogen-bond donors (Lipinski definition) is 1. The van der Waals surface area contributed by atoms with Gasteiger partial charge in [0.25, 0.3) is 0 Å². The molecule has 1 N–H and O–H groups in total. The van der Waals surface area contributed by atoms with E-state index >= 15 is 0 Å². The Hall–Kier alpha value is -0.530. The molecule has 0 amide bonds. The van der Waals surface area contributed by atoms with Crippen molar-refractivity contribution < 1.29 is 50.0 Å². The smallest absolute Gasteiger partial charge is 0.0604 e. The van der Waals surface area contributed by atoms with Gasteiger partial charge in [0.15, 0.2) is 0 Å². The highest BCUT2D eigenvalue weighted by molar-refractivity contribution is 7.09. The van der Waals surface area contributed by atoms with E-state index in [4.69, 9.17) is 5.53 Å².